The topological polar surface area (TPSA) is 41.1 Å². The Bertz CT molecular complexity index is 372. The second-order valence-corrected chi connectivity index (χ2v) is 4.47. The molecule has 0 spiro atoms. The Labute approximate surface area is 117 Å². The molecule has 0 unspecified atom stereocenters. The number of carbonyl (C=O) groups is 1. The Kier molecular flexibility index (Phi) is 8.21. The fraction of sp³-hybridized carbons (Fsp3) is 0.417. The van der Waals surface area contributed by atoms with Gasteiger partial charge in [0.25, 0.3) is 0 Å². The van der Waals surface area contributed by atoms with Gasteiger partial charge in [0, 0.05) is 23.1 Å². The molecule has 2 N–H and O–H groups in total. The highest BCUT2D eigenvalue weighted by Crippen LogP contribution is 2.21. The molecular weight excluding hydrogens is 304 g/mol. The van der Waals surface area contributed by atoms with Gasteiger partial charge in [-0.15, -0.1) is 12.4 Å². The lowest BCUT2D eigenvalue weighted by atomic mass is 10.1. The highest BCUT2D eigenvalue weighted by Gasteiger charge is 2.05. The van der Waals surface area contributed by atoms with Crippen LogP contribution in [0.5, 0.6) is 0 Å². The van der Waals surface area contributed by atoms with Gasteiger partial charge in [0.2, 0.25) is 5.91 Å². The highest BCUT2D eigenvalue weighted by molar-refractivity contribution is 9.10. The number of nitrogens with one attached hydrogen (secondary N) is 2. The maximum atomic E-state index is 11.6. The molecule has 0 aliphatic heterocycles. The van der Waals surface area contributed by atoms with E-state index in [0.717, 1.165) is 22.1 Å². The number of hydrogen-bond acceptors (Lipinski definition) is 2. The van der Waals surface area contributed by atoms with Gasteiger partial charge in [0.1, 0.15) is 0 Å². The number of aryl methyl sites for hydroxylation is 1. The molecule has 1 amide bonds. The molecule has 0 aliphatic rings. The predicted octanol–water partition coefficient (Wildman–Crippen LogP) is 2.98. The zero-order valence-corrected chi connectivity index (χ0v) is 12.5. The van der Waals surface area contributed by atoms with Crippen molar-refractivity contribution >= 4 is 39.9 Å². The first-order chi connectivity index (χ1) is 7.67. The highest BCUT2D eigenvalue weighted by atomic mass is 79.9. The fourth-order valence-corrected chi connectivity index (χ4v) is 1.84. The van der Waals surface area contributed by atoms with Crippen LogP contribution in [0.25, 0.3) is 0 Å². The van der Waals surface area contributed by atoms with Crippen LogP contribution >= 0.6 is 28.3 Å². The number of halogens is 2. The second-order valence-electron chi connectivity index (χ2n) is 3.56. The standard InChI is InChI=1S/C12H17BrN2O.ClH/c1-3-9-8-10(13)4-5-11(9)15-12(16)6-7-14-2;/h4-5,8,14H,3,6-7H2,1-2H3,(H,15,16);1H. The Morgan fingerprint density at radius 3 is 2.71 bits per heavy atom. The summed E-state index contributed by atoms with van der Waals surface area (Å²) in [4.78, 5) is 11.6. The summed E-state index contributed by atoms with van der Waals surface area (Å²) in [6, 6.07) is 5.90. The summed E-state index contributed by atoms with van der Waals surface area (Å²) >= 11 is 3.42. The van der Waals surface area contributed by atoms with Gasteiger partial charge in [-0.2, -0.15) is 0 Å². The zero-order chi connectivity index (χ0) is 12.0. The smallest absolute Gasteiger partial charge is 0.225 e. The summed E-state index contributed by atoms with van der Waals surface area (Å²) in [6.45, 7) is 2.77. The number of amides is 1. The van der Waals surface area contributed by atoms with E-state index in [9.17, 15) is 4.79 Å². The van der Waals surface area contributed by atoms with Crippen LogP contribution < -0.4 is 10.6 Å². The van der Waals surface area contributed by atoms with E-state index in [1.165, 1.54) is 0 Å². The summed E-state index contributed by atoms with van der Waals surface area (Å²) in [6.07, 6.45) is 1.40. The Hall–Kier alpha value is -0.580. The first-order valence-corrected chi connectivity index (χ1v) is 6.19. The minimum atomic E-state index is 0. The Morgan fingerprint density at radius 2 is 2.12 bits per heavy atom. The van der Waals surface area contributed by atoms with Crippen molar-refractivity contribution in [3.05, 3.63) is 28.2 Å². The molecule has 0 radical (unpaired) electrons. The van der Waals surface area contributed by atoms with Gasteiger partial charge in [0.05, 0.1) is 0 Å². The minimum Gasteiger partial charge on any atom is -0.326 e. The summed E-state index contributed by atoms with van der Waals surface area (Å²) in [5.41, 5.74) is 2.05. The van der Waals surface area contributed by atoms with E-state index in [-0.39, 0.29) is 18.3 Å². The molecule has 0 fully saturated rings. The van der Waals surface area contributed by atoms with Crippen molar-refractivity contribution in [3.8, 4) is 0 Å². The lowest BCUT2D eigenvalue weighted by Crippen LogP contribution is -2.19. The number of hydrogen-bond donors (Lipinski definition) is 2. The average molecular weight is 322 g/mol. The van der Waals surface area contributed by atoms with Crippen molar-refractivity contribution in [3.63, 3.8) is 0 Å². The van der Waals surface area contributed by atoms with Crippen LogP contribution in [0.3, 0.4) is 0 Å². The van der Waals surface area contributed by atoms with Crippen molar-refractivity contribution < 1.29 is 4.79 Å². The van der Waals surface area contributed by atoms with Gasteiger partial charge in [-0.3, -0.25) is 4.79 Å². The lowest BCUT2D eigenvalue weighted by molar-refractivity contribution is -0.116. The number of carbonyl (C=O) groups excluding carboxylic acids is 1. The molecule has 0 aromatic heterocycles. The molecule has 0 bridgehead atoms. The van der Waals surface area contributed by atoms with Crippen LogP contribution in [0.2, 0.25) is 0 Å². The third kappa shape index (κ3) is 5.52. The number of benzene rings is 1. The molecule has 0 aliphatic carbocycles. The van der Waals surface area contributed by atoms with Crippen molar-refractivity contribution in [1.29, 1.82) is 0 Å². The summed E-state index contributed by atoms with van der Waals surface area (Å²) in [5, 5.41) is 5.88. The van der Waals surface area contributed by atoms with Crippen LogP contribution in [0.15, 0.2) is 22.7 Å². The molecule has 1 aromatic rings. The molecule has 3 nitrogen and oxygen atoms in total. The molecule has 0 saturated heterocycles. The second kappa shape index (κ2) is 8.50. The maximum absolute atomic E-state index is 11.6. The molecule has 0 atom stereocenters. The molecule has 1 aromatic carbocycles. The molecule has 0 heterocycles. The van der Waals surface area contributed by atoms with Gasteiger partial charge in [-0.25, -0.2) is 0 Å². The van der Waals surface area contributed by atoms with Crippen LogP contribution in [-0.4, -0.2) is 19.5 Å². The molecule has 96 valence electrons. The van der Waals surface area contributed by atoms with E-state index in [1.54, 1.807) is 0 Å². The molecule has 17 heavy (non-hydrogen) atoms. The Balaban J connectivity index is 0.00000256. The summed E-state index contributed by atoms with van der Waals surface area (Å²) < 4.78 is 1.04. The normalized spacial score (nSPS) is 9.59. The fourth-order valence-electron chi connectivity index (χ4n) is 1.43. The van der Waals surface area contributed by atoms with Gasteiger partial charge in [-0.1, -0.05) is 22.9 Å². The van der Waals surface area contributed by atoms with Crippen molar-refractivity contribution in [1.82, 2.24) is 5.32 Å². The largest absolute Gasteiger partial charge is 0.326 e. The third-order valence-corrected chi connectivity index (χ3v) is 2.82. The van der Waals surface area contributed by atoms with Crippen molar-refractivity contribution in [2.75, 3.05) is 18.9 Å². The van der Waals surface area contributed by atoms with Crippen LogP contribution in [0, 0.1) is 0 Å². The first kappa shape index (κ1) is 16.4. The number of rotatable bonds is 5. The van der Waals surface area contributed by atoms with Gasteiger partial charge in [-0.05, 0) is 37.2 Å². The first-order valence-electron chi connectivity index (χ1n) is 5.40. The predicted molar refractivity (Wildman–Crippen MR) is 77.9 cm³/mol. The average Bonchev–Trinajstić information content (AvgIpc) is 2.28. The van der Waals surface area contributed by atoms with Crippen LogP contribution in [-0.2, 0) is 11.2 Å². The van der Waals surface area contributed by atoms with Gasteiger partial charge >= 0.3 is 0 Å². The molecule has 0 saturated carbocycles. The minimum absolute atomic E-state index is 0. The summed E-state index contributed by atoms with van der Waals surface area (Å²) in [5.74, 6) is 0.0476. The van der Waals surface area contributed by atoms with E-state index in [1.807, 2.05) is 25.2 Å². The molecule has 5 heteroatoms. The third-order valence-electron chi connectivity index (χ3n) is 2.32. The quantitative estimate of drug-likeness (QED) is 0.875. The van der Waals surface area contributed by atoms with E-state index < -0.39 is 0 Å². The number of anilines is 1. The lowest BCUT2D eigenvalue weighted by Gasteiger charge is -2.10. The van der Waals surface area contributed by atoms with E-state index in [0.29, 0.717) is 13.0 Å². The monoisotopic (exact) mass is 320 g/mol. The van der Waals surface area contributed by atoms with E-state index in [4.69, 9.17) is 0 Å². The van der Waals surface area contributed by atoms with Gasteiger partial charge in [0.15, 0.2) is 0 Å². The van der Waals surface area contributed by atoms with Crippen LogP contribution in [0.1, 0.15) is 18.9 Å². The summed E-state index contributed by atoms with van der Waals surface area (Å²) in [7, 11) is 1.84. The SMILES string of the molecule is CCc1cc(Br)ccc1NC(=O)CCNC.Cl. The molecule has 1 rings (SSSR count). The Morgan fingerprint density at radius 1 is 1.41 bits per heavy atom. The van der Waals surface area contributed by atoms with E-state index in [2.05, 4.69) is 33.5 Å². The van der Waals surface area contributed by atoms with E-state index >= 15 is 0 Å². The maximum Gasteiger partial charge on any atom is 0.225 e. The van der Waals surface area contributed by atoms with Crippen molar-refractivity contribution in [2.24, 2.45) is 0 Å². The van der Waals surface area contributed by atoms with Crippen molar-refractivity contribution in [2.45, 2.75) is 19.8 Å². The zero-order valence-electron chi connectivity index (χ0n) is 10.0. The van der Waals surface area contributed by atoms with Crippen LogP contribution in [0.4, 0.5) is 5.69 Å². The molecular formula is C12H18BrClN2O. The van der Waals surface area contributed by atoms with Gasteiger partial charge < -0.3 is 10.6 Å².